The molecule has 0 aliphatic carbocycles. The number of rotatable bonds is 7. The van der Waals surface area contributed by atoms with Gasteiger partial charge in [0.05, 0.1) is 11.8 Å². The molecule has 1 amide bonds. The molecule has 0 fully saturated rings. The van der Waals surface area contributed by atoms with E-state index >= 15 is 0 Å². The summed E-state index contributed by atoms with van der Waals surface area (Å²) in [7, 11) is 0. The fraction of sp³-hybridized carbons (Fsp3) is 0.174. The Morgan fingerprint density at radius 2 is 1.76 bits per heavy atom. The van der Waals surface area contributed by atoms with Gasteiger partial charge in [-0.1, -0.05) is 24.3 Å². The monoisotopic (exact) mass is 389 g/mol. The van der Waals surface area contributed by atoms with Gasteiger partial charge >= 0.3 is 0 Å². The molecular formula is C23H23N3O3. The number of aromatic nitrogens is 1. The first-order valence-electron chi connectivity index (χ1n) is 9.33. The van der Waals surface area contributed by atoms with Gasteiger partial charge in [-0.05, 0) is 57.2 Å². The van der Waals surface area contributed by atoms with Crippen LogP contribution in [0.4, 0.5) is 17.1 Å². The van der Waals surface area contributed by atoms with Crippen LogP contribution < -0.4 is 15.4 Å². The van der Waals surface area contributed by atoms with E-state index in [4.69, 9.17) is 4.74 Å². The van der Waals surface area contributed by atoms with Crippen molar-refractivity contribution in [2.24, 2.45) is 0 Å². The minimum absolute atomic E-state index is 0.0440. The Labute approximate surface area is 169 Å². The maximum atomic E-state index is 12.6. The number of nitrogens with zero attached hydrogens (tertiary/aromatic N) is 1. The summed E-state index contributed by atoms with van der Waals surface area (Å²) < 4.78 is 5.82. The molecule has 0 radical (unpaired) electrons. The van der Waals surface area contributed by atoms with Crippen molar-refractivity contribution in [1.82, 2.24) is 4.98 Å². The lowest BCUT2D eigenvalue weighted by Gasteiger charge is -2.15. The predicted octanol–water partition coefficient (Wildman–Crippen LogP) is 5.07. The van der Waals surface area contributed by atoms with Gasteiger partial charge in [0.25, 0.3) is 5.91 Å². The van der Waals surface area contributed by atoms with Crippen molar-refractivity contribution < 1.29 is 14.3 Å². The van der Waals surface area contributed by atoms with Crippen molar-refractivity contribution in [3.8, 4) is 5.75 Å². The van der Waals surface area contributed by atoms with Crippen LogP contribution in [-0.2, 0) is 0 Å². The van der Waals surface area contributed by atoms with Crippen LogP contribution in [0, 0.1) is 0 Å². The minimum Gasteiger partial charge on any atom is -0.489 e. The molecule has 1 aromatic heterocycles. The molecule has 0 aliphatic rings. The van der Waals surface area contributed by atoms with Gasteiger partial charge in [0.15, 0.2) is 5.78 Å². The molecule has 29 heavy (non-hydrogen) atoms. The third-order valence-corrected chi connectivity index (χ3v) is 4.05. The van der Waals surface area contributed by atoms with Gasteiger partial charge in [-0.2, -0.15) is 0 Å². The lowest BCUT2D eigenvalue weighted by Crippen LogP contribution is -2.14. The Morgan fingerprint density at radius 1 is 0.966 bits per heavy atom. The summed E-state index contributed by atoms with van der Waals surface area (Å²) in [5.74, 6) is 0.306. The van der Waals surface area contributed by atoms with Crippen molar-refractivity contribution >= 4 is 28.8 Å². The van der Waals surface area contributed by atoms with E-state index < -0.39 is 0 Å². The van der Waals surface area contributed by atoms with Gasteiger partial charge in [0.2, 0.25) is 0 Å². The van der Waals surface area contributed by atoms with E-state index in [0.717, 1.165) is 11.4 Å². The minimum atomic E-state index is -0.360. The number of hydrogen-bond donors (Lipinski definition) is 2. The number of pyridine rings is 1. The zero-order valence-electron chi connectivity index (χ0n) is 16.6. The van der Waals surface area contributed by atoms with Gasteiger partial charge in [-0.15, -0.1) is 0 Å². The molecule has 2 aromatic carbocycles. The topological polar surface area (TPSA) is 80.3 Å². The Bertz CT molecular complexity index is 1030. The van der Waals surface area contributed by atoms with Gasteiger partial charge in [0, 0.05) is 23.1 Å². The summed E-state index contributed by atoms with van der Waals surface area (Å²) in [6, 6.07) is 17.9. The highest BCUT2D eigenvalue weighted by molar-refractivity contribution is 6.04. The maximum absolute atomic E-state index is 12.6. The second-order valence-corrected chi connectivity index (χ2v) is 6.81. The van der Waals surface area contributed by atoms with E-state index in [-0.39, 0.29) is 23.5 Å². The van der Waals surface area contributed by atoms with E-state index in [9.17, 15) is 9.59 Å². The molecule has 6 nitrogen and oxygen atoms in total. The molecule has 1 heterocycles. The first kappa shape index (κ1) is 20.1. The number of benzene rings is 2. The summed E-state index contributed by atoms with van der Waals surface area (Å²) in [4.78, 5) is 28.3. The average Bonchev–Trinajstić information content (AvgIpc) is 2.69. The first-order chi connectivity index (χ1) is 13.9. The number of hydrogen-bond acceptors (Lipinski definition) is 5. The van der Waals surface area contributed by atoms with Crippen LogP contribution in [0.3, 0.4) is 0 Å². The van der Waals surface area contributed by atoms with Crippen molar-refractivity contribution in [1.29, 1.82) is 0 Å². The predicted molar refractivity (Wildman–Crippen MR) is 114 cm³/mol. The van der Waals surface area contributed by atoms with Gasteiger partial charge in [0.1, 0.15) is 11.4 Å². The molecule has 148 valence electrons. The fourth-order valence-electron chi connectivity index (χ4n) is 2.73. The van der Waals surface area contributed by atoms with E-state index in [0.29, 0.717) is 16.9 Å². The summed E-state index contributed by atoms with van der Waals surface area (Å²) in [6.07, 6.45) is 1.61. The first-order valence-corrected chi connectivity index (χ1v) is 9.33. The van der Waals surface area contributed by atoms with E-state index in [1.165, 1.54) is 6.92 Å². The Morgan fingerprint density at radius 3 is 2.52 bits per heavy atom. The number of ether oxygens (including phenoxy) is 1. The fourth-order valence-corrected chi connectivity index (χ4v) is 2.73. The molecule has 0 spiro atoms. The Kier molecular flexibility index (Phi) is 6.24. The molecule has 0 atom stereocenters. The molecule has 0 aliphatic heterocycles. The van der Waals surface area contributed by atoms with Crippen LogP contribution in [0.5, 0.6) is 5.75 Å². The summed E-state index contributed by atoms with van der Waals surface area (Å²) >= 11 is 0. The third-order valence-electron chi connectivity index (χ3n) is 4.05. The zero-order chi connectivity index (χ0) is 20.8. The highest BCUT2D eigenvalue weighted by Crippen LogP contribution is 2.28. The SMILES string of the molecule is CC(=O)c1cccc(NC(=O)c2cc(Nc3ccccc3OC(C)C)ccn2)c1. The van der Waals surface area contributed by atoms with Crippen molar-refractivity contribution in [3.63, 3.8) is 0 Å². The van der Waals surface area contributed by atoms with Gasteiger partial charge in [-0.25, -0.2) is 0 Å². The number of anilines is 3. The molecule has 0 unspecified atom stereocenters. The third kappa shape index (κ3) is 5.42. The second-order valence-electron chi connectivity index (χ2n) is 6.81. The normalized spacial score (nSPS) is 10.5. The number of para-hydroxylation sites is 2. The van der Waals surface area contributed by atoms with Crippen LogP contribution in [0.2, 0.25) is 0 Å². The highest BCUT2D eigenvalue weighted by atomic mass is 16.5. The number of ketones is 1. The number of nitrogens with one attached hydrogen (secondary N) is 2. The summed E-state index contributed by atoms with van der Waals surface area (Å²) in [6.45, 7) is 5.41. The molecule has 0 bridgehead atoms. The van der Waals surface area contributed by atoms with E-state index in [1.807, 2.05) is 38.1 Å². The zero-order valence-corrected chi connectivity index (χ0v) is 16.6. The number of carbonyl (C=O) groups excluding carboxylic acids is 2. The quantitative estimate of drug-likeness (QED) is 0.552. The van der Waals surface area contributed by atoms with Crippen molar-refractivity contribution in [3.05, 3.63) is 78.1 Å². The number of Topliss-reactive ketones (excluding diaryl/α,β-unsaturated/α-hetero) is 1. The van der Waals surface area contributed by atoms with Gasteiger partial charge < -0.3 is 15.4 Å². The summed E-state index contributed by atoms with van der Waals surface area (Å²) in [5.41, 5.74) is 2.84. The van der Waals surface area contributed by atoms with Crippen LogP contribution in [0.25, 0.3) is 0 Å². The van der Waals surface area contributed by atoms with E-state index in [1.54, 1.807) is 42.6 Å². The van der Waals surface area contributed by atoms with Crippen molar-refractivity contribution in [2.75, 3.05) is 10.6 Å². The second kappa shape index (κ2) is 9.01. The lowest BCUT2D eigenvalue weighted by atomic mass is 10.1. The van der Waals surface area contributed by atoms with Crippen LogP contribution >= 0.6 is 0 Å². The Balaban J connectivity index is 1.77. The molecular weight excluding hydrogens is 366 g/mol. The van der Waals surface area contributed by atoms with E-state index in [2.05, 4.69) is 15.6 Å². The van der Waals surface area contributed by atoms with Crippen LogP contribution in [0.15, 0.2) is 66.9 Å². The Hall–Kier alpha value is -3.67. The molecule has 0 saturated carbocycles. The molecule has 0 saturated heterocycles. The average molecular weight is 389 g/mol. The lowest BCUT2D eigenvalue weighted by molar-refractivity contribution is 0.100. The molecule has 3 aromatic rings. The smallest absolute Gasteiger partial charge is 0.274 e. The number of amides is 1. The largest absolute Gasteiger partial charge is 0.489 e. The van der Waals surface area contributed by atoms with Crippen molar-refractivity contribution in [2.45, 2.75) is 26.9 Å². The molecule has 2 N–H and O–H groups in total. The van der Waals surface area contributed by atoms with Gasteiger partial charge in [-0.3, -0.25) is 14.6 Å². The van der Waals surface area contributed by atoms with Crippen LogP contribution in [-0.4, -0.2) is 22.8 Å². The standard InChI is InChI=1S/C23H23N3O3/c1-15(2)29-22-10-5-4-9-20(22)25-19-11-12-24-21(14-19)23(28)26-18-8-6-7-17(13-18)16(3)27/h4-15H,1-3H3,(H,24,25)(H,26,28). The molecule has 3 rings (SSSR count). The highest BCUT2D eigenvalue weighted by Gasteiger charge is 2.11. The van der Waals surface area contributed by atoms with Crippen LogP contribution in [0.1, 0.15) is 41.6 Å². The molecule has 6 heteroatoms. The maximum Gasteiger partial charge on any atom is 0.274 e. The summed E-state index contributed by atoms with van der Waals surface area (Å²) in [5, 5.41) is 6.05. The number of carbonyl (C=O) groups is 2.